The van der Waals surface area contributed by atoms with E-state index in [1.165, 1.54) is 5.56 Å². The summed E-state index contributed by atoms with van der Waals surface area (Å²) in [5, 5.41) is 7.16. The summed E-state index contributed by atoms with van der Waals surface area (Å²) in [5.74, 6) is 0.280. The fraction of sp³-hybridized carbons (Fsp3) is 0.583. The number of carbonyl (C=O) groups excluding carboxylic acids is 1. The molecule has 0 aromatic carbocycles. The highest BCUT2D eigenvalue weighted by Crippen LogP contribution is 2.25. The van der Waals surface area contributed by atoms with Gasteiger partial charge in [0.2, 0.25) is 5.91 Å². The van der Waals surface area contributed by atoms with Crippen molar-refractivity contribution < 1.29 is 4.79 Å². The zero-order chi connectivity index (χ0) is 11.5. The third-order valence-electron chi connectivity index (χ3n) is 3.25. The highest BCUT2D eigenvalue weighted by molar-refractivity contribution is 7.07. The monoisotopic (exact) mass is 238 g/mol. The van der Waals surface area contributed by atoms with Gasteiger partial charge in [-0.3, -0.25) is 4.79 Å². The Morgan fingerprint density at radius 2 is 2.44 bits per heavy atom. The largest absolute Gasteiger partial charge is 0.349 e. The molecule has 3 nitrogen and oxygen atoms in total. The van der Waals surface area contributed by atoms with Crippen molar-refractivity contribution in [3.63, 3.8) is 0 Å². The molecule has 0 bridgehead atoms. The van der Waals surface area contributed by atoms with Crippen molar-refractivity contribution in [3.05, 3.63) is 22.4 Å². The van der Waals surface area contributed by atoms with Crippen LogP contribution in [0, 0.1) is 5.92 Å². The van der Waals surface area contributed by atoms with Crippen LogP contribution in [0.1, 0.15) is 37.8 Å². The van der Waals surface area contributed by atoms with E-state index < -0.39 is 0 Å². The Balaban J connectivity index is 1.88. The summed E-state index contributed by atoms with van der Waals surface area (Å²) < 4.78 is 0. The van der Waals surface area contributed by atoms with Crippen molar-refractivity contribution in [2.75, 3.05) is 0 Å². The third-order valence-corrected chi connectivity index (χ3v) is 3.95. The predicted octanol–water partition coefficient (Wildman–Crippen LogP) is 2.05. The Bertz CT molecular complexity index is 350. The fourth-order valence-electron chi connectivity index (χ4n) is 2.19. The van der Waals surface area contributed by atoms with Gasteiger partial charge in [0.1, 0.15) is 0 Å². The van der Waals surface area contributed by atoms with Gasteiger partial charge in [-0.25, -0.2) is 0 Å². The molecule has 3 N–H and O–H groups in total. The topological polar surface area (TPSA) is 55.1 Å². The summed E-state index contributed by atoms with van der Waals surface area (Å²) in [5.41, 5.74) is 6.99. The lowest BCUT2D eigenvalue weighted by Gasteiger charge is -2.16. The Morgan fingerprint density at radius 3 is 3.00 bits per heavy atom. The van der Waals surface area contributed by atoms with E-state index in [9.17, 15) is 4.79 Å². The number of nitrogens with one attached hydrogen (secondary N) is 1. The molecular weight excluding hydrogens is 220 g/mol. The lowest BCUT2D eigenvalue weighted by atomic mass is 10.1. The molecule has 1 saturated carbocycles. The van der Waals surface area contributed by atoms with Gasteiger partial charge in [0.25, 0.3) is 0 Å². The van der Waals surface area contributed by atoms with Crippen LogP contribution in [0.15, 0.2) is 16.8 Å². The molecule has 0 spiro atoms. The highest BCUT2D eigenvalue weighted by Gasteiger charge is 2.28. The highest BCUT2D eigenvalue weighted by atomic mass is 32.1. The number of thiophene rings is 1. The van der Waals surface area contributed by atoms with Gasteiger partial charge < -0.3 is 11.1 Å². The summed E-state index contributed by atoms with van der Waals surface area (Å²) >= 11 is 1.66. The van der Waals surface area contributed by atoms with Crippen LogP contribution < -0.4 is 11.1 Å². The van der Waals surface area contributed by atoms with Crippen molar-refractivity contribution in [1.29, 1.82) is 0 Å². The molecule has 3 unspecified atom stereocenters. The van der Waals surface area contributed by atoms with Crippen molar-refractivity contribution in [1.82, 2.24) is 5.32 Å². The summed E-state index contributed by atoms with van der Waals surface area (Å²) in [6.07, 6.45) is 2.75. The van der Waals surface area contributed by atoms with Gasteiger partial charge in [-0.05, 0) is 48.6 Å². The van der Waals surface area contributed by atoms with Crippen LogP contribution >= 0.6 is 11.3 Å². The van der Waals surface area contributed by atoms with Crippen molar-refractivity contribution in [2.24, 2.45) is 11.7 Å². The molecule has 88 valence electrons. The number of amides is 1. The van der Waals surface area contributed by atoms with Gasteiger partial charge in [-0.2, -0.15) is 11.3 Å². The van der Waals surface area contributed by atoms with E-state index in [1.54, 1.807) is 11.3 Å². The Hall–Kier alpha value is -0.870. The van der Waals surface area contributed by atoms with Gasteiger partial charge in [-0.1, -0.05) is 0 Å². The molecule has 0 aliphatic heterocycles. The minimum Gasteiger partial charge on any atom is -0.349 e. The normalized spacial score (nSPS) is 26.6. The average molecular weight is 238 g/mol. The zero-order valence-corrected chi connectivity index (χ0v) is 10.3. The van der Waals surface area contributed by atoms with Gasteiger partial charge in [-0.15, -0.1) is 0 Å². The first-order valence-electron chi connectivity index (χ1n) is 5.75. The van der Waals surface area contributed by atoms with Gasteiger partial charge in [0.15, 0.2) is 0 Å². The average Bonchev–Trinajstić information content (AvgIpc) is 2.87. The first-order chi connectivity index (χ1) is 7.66. The zero-order valence-electron chi connectivity index (χ0n) is 9.48. The molecule has 1 aromatic heterocycles. The van der Waals surface area contributed by atoms with Crippen LogP contribution in [0.3, 0.4) is 0 Å². The molecule has 1 aliphatic rings. The van der Waals surface area contributed by atoms with Crippen LogP contribution in [0.4, 0.5) is 0 Å². The van der Waals surface area contributed by atoms with E-state index in [4.69, 9.17) is 5.73 Å². The van der Waals surface area contributed by atoms with E-state index in [0.29, 0.717) is 0 Å². The van der Waals surface area contributed by atoms with Crippen molar-refractivity contribution in [3.8, 4) is 0 Å². The predicted molar refractivity (Wildman–Crippen MR) is 66.2 cm³/mol. The molecule has 2 rings (SSSR count). The summed E-state index contributed by atoms with van der Waals surface area (Å²) in [6, 6.07) is 2.37. The Labute approximate surface area is 100 Å². The van der Waals surface area contributed by atoms with E-state index in [1.807, 2.05) is 12.3 Å². The second-order valence-electron chi connectivity index (χ2n) is 4.56. The van der Waals surface area contributed by atoms with Crippen molar-refractivity contribution >= 4 is 17.2 Å². The summed E-state index contributed by atoms with van der Waals surface area (Å²) in [4.78, 5) is 11.9. The fourth-order valence-corrected chi connectivity index (χ4v) is 2.94. The first kappa shape index (κ1) is 11.6. The molecule has 16 heavy (non-hydrogen) atoms. The molecule has 0 radical (unpaired) electrons. The number of nitrogens with two attached hydrogens (primary N) is 1. The maximum Gasteiger partial charge on any atom is 0.223 e. The first-order valence-corrected chi connectivity index (χ1v) is 6.69. The van der Waals surface area contributed by atoms with Gasteiger partial charge >= 0.3 is 0 Å². The number of hydrogen-bond donors (Lipinski definition) is 2. The van der Waals surface area contributed by atoms with E-state index in [0.717, 1.165) is 19.3 Å². The van der Waals surface area contributed by atoms with Crippen LogP contribution in [0.25, 0.3) is 0 Å². The number of carbonyl (C=O) groups is 1. The molecular formula is C12H18N2OS. The maximum atomic E-state index is 11.9. The third kappa shape index (κ3) is 2.62. The lowest BCUT2D eigenvalue weighted by molar-refractivity contribution is -0.125. The molecule has 3 atom stereocenters. The second-order valence-corrected chi connectivity index (χ2v) is 5.34. The molecule has 1 aliphatic carbocycles. The maximum absolute atomic E-state index is 11.9. The molecule has 4 heteroatoms. The quantitative estimate of drug-likeness (QED) is 0.847. The number of rotatable bonds is 3. The van der Waals surface area contributed by atoms with Gasteiger partial charge in [0, 0.05) is 12.0 Å². The van der Waals surface area contributed by atoms with Crippen LogP contribution in [-0.2, 0) is 4.79 Å². The molecule has 1 aromatic rings. The smallest absolute Gasteiger partial charge is 0.223 e. The minimum atomic E-state index is 0.107. The molecule has 1 amide bonds. The molecule has 0 saturated heterocycles. The Kier molecular flexibility index (Phi) is 3.61. The second kappa shape index (κ2) is 4.97. The number of hydrogen-bond acceptors (Lipinski definition) is 3. The standard InChI is InChI=1S/C12H18N2OS/c1-8(10-4-5-16-7-10)14-12(15)9-2-3-11(13)6-9/h4-5,7-9,11H,2-3,6,13H2,1H3,(H,14,15). The lowest BCUT2D eigenvalue weighted by Crippen LogP contribution is -2.32. The SMILES string of the molecule is CC(NC(=O)C1CCC(N)C1)c1ccsc1. The Morgan fingerprint density at radius 1 is 1.62 bits per heavy atom. The minimum absolute atomic E-state index is 0.107. The van der Waals surface area contributed by atoms with E-state index >= 15 is 0 Å². The van der Waals surface area contributed by atoms with Crippen LogP contribution in [-0.4, -0.2) is 11.9 Å². The van der Waals surface area contributed by atoms with E-state index in [-0.39, 0.29) is 23.9 Å². The van der Waals surface area contributed by atoms with Gasteiger partial charge in [0.05, 0.1) is 6.04 Å². The van der Waals surface area contributed by atoms with Crippen LogP contribution in [0.5, 0.6) is 0 Å². The van der Waals surface area contributed by atoms with E-state index in [2.05, 4.69) is 16.8 Å². The summed E-state index contributed by atoms with van der Waals surface area (Å²) in [6.45, 7) is 2.02. The molecule has 1 fully saturated rings. The summed E-state index contributed by atoms with van der Waals surface area (Å²) in [7, 11) is 0. The van der Waals surface area contributed by atoms with Crippen molar-refractivity contribution in [2.45, 2.75) is 38.3 Å². The molecule has 1 heterocycles. The van der Waals surface area contributed by atoms with Crippen LogP contribution in [0.2, 0.25) is 0 Å².